The summed E-state index contributed by atoms with van der Waals surface area (Å²) in [5, 5.41) is 8.63. The summed E-state index contributed by atoms with van der Waals surface area (Å²) in [6, 6.07) is 17.6. The van der Waals surface area contributed by atoms with Gasteiger partial charge in [0.25, 0.3) is 5.91 Å². The summed E-state index contributed by atoms with van der Waals surface area (Å²) in [5.41, 5.74) is 5.14. The van der Waals surface area contributed by atoms with E-state index in [4.69, 9.17) is 16.6 Å². The monoisotopic (exact) mass is 504 g/mol. The van der Waals surface area contributed by atoms with Crippen molar-refractivity contribution in [2.75, 3.05) is 0 Å². The molecule has 34 heavy (non-hydrogen) atoms. The Morgan fingerprint density at radius 3 is 2.76 bits per heavy atom. The maximum Gasteiger partial charge on any atom is 0.253 e. The van der Waals surface area contributed by atoms with Gasteiger partial charge in [-0.3, -0.25) is 9.78 Å². The number of carbonyl (C=O) groups excluding carboxylic acids is 1. The van der Waals surface area contributed by atoms with Crippen LogP contribution in [0.4, 0.5) is 0 Å². The van der Waals surface area contributed by atoms with E-state index in [1.54, 1.807) is 35.1 Å². The topological polar surface area (TPSA) is 59.8 Å². The van der Waals surface area contributed by atoms with Crippen LogP contribution in [0.5, 0.6) is 0 Å². The molecule has 0 bridgehead atoms. The lowest BCUT2D eigenvalue weighted by atomic mass is 10.2. The molecule has 0 aliphatic carbocycles. The maximum absolute atomic E-state index is 13.1. The fourth-order valence-electron chi connectivity index (χ4n) is 3.78. The van der Waals surface area contributed by atoms with Crippen molar-refractivity contribution in [1.29, 1.82) is 0 Å². The Bertz CT molecular complexity index is 1420. The maximum atomic E-state index is 13.1. The standard InChI is InChI=1S/C26H21ClN4OS2/c1-17-21(25(32)29-14-18-6-4-10-28-13-18)12-24(31(17)15-19-7-5-11-33-19)23-16-34-26(30-23)20-8-2-3-9-22(20)27/h2-13,16H,14-15H2,1H3,(H,29,32). The number of nitrogens with zero attached hydrogens (tertiary/aromatic N) is 3. The van der Waals surface area contributed by atoms with Crippen molar-refractivity contribution in [2.45, 2.75) is 20.0 Å². The molecule has 0 saturated carbocycles. The number of hydrogen-bond donors (Lipinski definition) is 1. The Labute approximate surface area is 210 Å². The van der Waals surface area contributed by atoms with Crippen LogP contribution in [-0.2, 0) is 13.1 Å². The molecule has 1 aromatic carbocycles. The molecular formula is C26H21ClN4OS2. The van der Waals surface area contributed by atoms with E-state index in [1.165, 1.54) is 4.88 Å². The highest BCUT2D eigenvalue weighted by Crippen LogP contribution is 2.35. The van der Waals surface area contributed by atoms with Gasteiger partial charge in [0, 0.05) is 40.5 Å². The predicted octanol–water partition coefficient (Wildman–Crippen LogP) is 6.68. The van der Waals surface area contributed by atoms with E-state index in [-0.39, 0.29) is 5.91 Å². The fraction of sp³-hybridized carbons (Fsp3) is 0.115. The summed E-state index contributed by atoms with van der Waals surface area (Å²) in [5.74, 6) is -0.117. The second kappa shape index (κ2) is 9.93. The van der Waals surface area contributed by atoms with Crippen molar-refractivity contribution in [3.63, 3.8) is 0 Å². The zero-order chi connectivity index (χ0) is 23.5. The number of benzene rings is 1. The minimum absolute atomic E-state index is 0.117. The van der Waals surface area contributed by atoms with Crippen LogP contribution in [-0.4, -0.2) is 20.4 Å². The van der Waals surface area contributed by atoms with Crippen molar-refractivity contribution in [3.05, 3.63) is 104 Å². The number of aromatic nitrogens is 3. The molecule has 4 aromatic heterocycles. The summed E-state index contributed by atoms with van der Waals surface area (Å²) in [4.78, 5) is 23.3. The highest BCUT2D eigenvalue weighted by molar-refractivity contribution is 7.13. The van der Waals surface area contributed by atoms with Gasteiger partial charge in [-0.2, -0.15) is 0 Å². The van der Waals surface area contributed by atoms with Crippen molar-refractivity contribution in [1.82, 2.24) is 19.9 Å². The average Bonchev–Trinajstić information content (AvgIpc) is 3.61. The van der Waals surface area contributed by atoms with Gasteiger partial charge in [0.1, 0.15) is 5.01 Å². The van der Waals surface area contributed by atoms with Gasteiger partial charge in [-0.25, -0.2) is 4.98 Å². The molecule has 170 valence electrons. The van der Waals surface area contributed by atoms with E-state index in [0.29, 0.717) is 23.7 Å². The summed E-state index contributed by atoms with van der Waals surface area (Å²) in [6.07, 6.45) is 3.48. The number of carbonyl (C=O) groups is 1. The first-order chi connectivity index (χ1) is 16.6. The summed E-state index contributed by atoms with van der Waals surface area (Å²) < 4.78 is 2.16. The molecule has 0 saturated heterocycles. The third kappa shape index (κ3) is 4.68. The first-order valence-corrected chi connectivity index (χ1v) is 12.8. The fourth-order valence-corrected chi connectivity index (χ4v) is 5.61. The zero-order valence-electron chi connectivity index (χ0n) is 18.4. The summed E-state index contributed by atoms with van der Waals surface area (Å²) >= 11 is 9.64. The highest BCUT2D eigenvalue weighted by Gasteiger charge is 2.21. The first kappa shape index (κ1) is 22.5. The molecule has 0 spiro atoms. The normalized spacial score (nSPS) is 11.0. The van der Waals surface area contributed by atoms with Crippen LogP contribution in [0.25, 0.3) is 22.0 Å². The molecule has 8 heteroatoms. The van der Waals surface area contributed by atoms with Crippen LogP contribution >= 0.6 is 34.3 Å². The van der Waals surface area contributed by atoms with Crippen molar-refractivity contribution in [2.24, 2.45) is 0 Å². The molecule has 0 unspecified atom stereocenters. The molecule has 5 rings (SSSR count). The number of pyridine rings is 1. The first-order valence-electron chi connectivity index (χ1n) is 10.7. The molecule has 1 amide bonds. The lowest BCUT2D eigenvalue weighted by molar-refractivity contribution is 0.0950. The molecule has 1 N–H and O–H groups in total. The summed E-state index contributed by atoms with van der Waals surface area (Å²) in [6.45, 7) is 3.08. The molecule has 5 aromatic rings. The molecule has 0 aliphatic rings. The zero-order valence-corrected chi connectivity index (χ0v) is 20.8. The SMILES string of the molecule is Cc1c(C(=O)NCc2cccnc2)cc(-c2csc(-c3ccccc3Cl)n2)n1Cc1cccs1. The minimum atomic E-state index is -0.117. The van der Waals surface area contributed by atoms with Gasteiger partial charge in [-0.15, -0.1) is 22.7 Å². The van der Waals surface area contributed by atoms with E-state index in [1.807, 2.05) is 60.8 Å². The van der Waals surface area contributed by atoms with Crippen LogP contribution in [0, 0.1) is 6.92 Å². The molecule has 0 aliphatic heterocycles. The number of halogens is 1. The van der Waals surface area contributed by atoms with E-state index in [9.17, 15) is 4.79 Å². The lowest BCUT2D eigenvalue weighted by Gasteiger charge is -2.10. The molecule has 0 radical (unpaired) electrons. The summed E-state index contributed by atoms with van der Waals surface area (Å²) in [7, 11) is 0. The van der Waals surface area contributed by atoms with Gasteiger partial charge in [0.15, 0.2) is 0 Å². The molecule has 0 fully saturated rings. The third-order valence-electron chi connectivity index (χ3n) is 5.55. The van der Waals surface area contributed by atoms with E-state index < -0.39 is 0 Å². The smallest absolute Gasteiger partial charge is 0.253 e. The van der Waals surface area contributed by atoms with Crippen molar-refractivity contribution < 1.29 is 4.79 Å². The molecule has 4 heterocycles. The third-order valence-corrected chi connectivity index (χ3v) is 7.62. The Balaban J connectivity index is 1.50. The van der Waals surface area contributed by atoms with Gasteiger partial charge in [0.2, 0.25) is 0 Å². The Kier molecular flexibility index (Phi) is 6.58. The number of thiophene rings is 1. The number of hydrogen-bond acceptors (Lipinski definition) is 5. The van der Waals surface area contributed by atoms with Crippen LogP contribution < -0.4 is 5.32 Å². The predicted molar refractivity (Wildman–Crippen MR) is 140 cm³/mol. The van der Waals surface area contributed by atoms with Crippen LogP contribution in [0.15, 0.2) is 77.8 Å². The van der Waals surface area contributed by atoms with Gasteiger partial charge in [0.05, 0.1) is 28.5 Å². The Morgan fingerprint density at radius 1 is 1.12 bits per heavy atom. The second-order valence-corrected chi connectivity index (χ2v) is 10.1. The van der Waals surface area contributed by atoms with Crippen LogP contribution in [0.1, 0.15) is 26.5 Å². The van der Waals surface area contributed by atoms with E-state index in [0.717, 1.165) is 33.2 Å². The second-order valence-electron chi connectivity index (χ2n) is 7.76. The van der Waals surface area contributed by atoms with E-state index in [2.05, 4.69) is 26.3 Å². The van der Waals surface area contributed by atoms with Gasteiger partial charge < -0.3 is 9.88 Å². The highest BCUT2D eigenvalue weighted by atomic mass is 35.5. The minimum Gasteiger partial charge on any atom is -0.348 e. The molecular weight excluding hydrogens is 484 g/mol. The number of amides is 1. The molecule has 0 atom stereocenters. The number of thiazole rings is 1. The Morgan fingerprint density at radius 2 is 2.00 bits per heavy atom. The van der Waals surface area contributed by atoms with Gasteiger partial charge in [-0.1, -0.05) is 41.9 Å². The quantitative estimate of drug-likeness (QED) is 0.269. The molecule has 5 nitrogen and oxygen atoms in total. The van der Waals surface area contributed by atoms with Gasteiger partial charge in [-0.05, 0) is 42.1 Å². The largest absolute Gasteiger partial charge is 0.348 e. The van der Waals surface area contributed by atoms with Crippen molar-refractivity contribution >= 4 is 40.2 Å². The Hall–Kier alpha value is -3.26. The van der Waals surface area contributed by atoms with Crippen molar-refractivity contribution in [3.8, 4) is 22.0 Å². The average molecular weight is 505 g/mol. The van der Waals surface area contributed by atoms with Crippen LogP contribution in [0.3, 0.4) is 0 Å². The number of rotatable bonds is 7. The van der Waals surface area contributed by atoms with Crippen LogP contribution in [0.2, 0.25) is 5.02 Å². The van der Waals surface area contributed by atoms with E-state index >= 15 is 0 Å². The number of nitrogens with one attached hydrogen (secondary N) is 1. The van der Waals surface area contributed by atoms with Gasteiger partial charge >= 0.3 is 0 Å². The lowest BCUT2D eigenvalue weighted by Crippen LogP contribution is -2.23.